The molecule has 0 bridgehead atoms. The highest BCUT2D eigenvalue weighted by atomic mass is 16.6. The van der Waals surface area contributed by atoms with Gasteiger partial charge in [-0.25, -0.2) is 9.48 Å². The van der Waals surface area contributed by atoms with Crippen molar-refractivity contribution in [1.82, 2.24) is 24.9 Å². The minimum Gasteiger partial charge on any atom is -0.497 e. The first-order chi connectivity index (χ1) is 20.5. The standard InChI is InChI=1S/C32H39N5O5/c1-22-16-30(37(34-22)26-8-10-27(40-2)11-9-26)31(38)36-19-24-17-35(18-25(24)20-36)14-12-29(23-6-4-3-5-7-23)33-32(39)42-28-13-15-41-21-28/h3-11,16,24-25,28-29H,12-15,17-21H2,1-2H3,(H,33,39)/t24-,25?,28?,29?/m0/s1. The number of amides is 2. The Morgan fingerprint density at radius 3 is 2.45 bits per heavy atom. The molecule has 0 spiro atoms. The number of rotatable bonds is 9. The Hall–Kier alpha value is -3.89. The van der Waals surface area contributed by atoms with Gasteiger partial charge < -0.3 is 29.3 Å². The number of fused-ring (bicyclic) bond motifs is 1. The van der Waals surface area contributed by atoms with Crippen molar-refractivity contribution in [3.63, 3.8) is 0 Å². The lowest BCUT2D eigenvalue weighted by Gasteiger charge is -2.25. The van der Waals surface area contributed by atoms with Crippen LogP contribution in [0.15, 0.2) is 60.7 Å². The SMILES string of the molecule is COc1ccc(-n2nc(C)cc2C(=O)N2CC3CN(CCC(NC(=O)OC4CCOC4)c4ccccc4)C[C@H]3C2)cc1. The van der Waals surface area contributed by atoms with E-state index in [0.717, 1.165) is 68.3 Å². The number of nitrogens with zero attached hydrogens (tertiary/aromatic N) is 4. The quantitative estimate of drug-likeness (QED) is 0.415. The molecule has 3 aliphatic rings. The average molecular weight is 574 g/mol. The molecule has 2 aromatic carbocycles. The molecule has 0 aliphatic carbocycles. The summed E-state index contributed by atoms with van der Waals surface area (Å²) in [6.45, 7) is 7.22. The smallest absolute Gasteiger partial charge is 0.407 e. The van der Waals surface area contributed by atoms with E-state index in [9.17, 15) is 9.59 Å². The van der Waals surface area contributed by atoms with Crippen molar-refractivity contribution >= 4 is 12.0 Å². The van der Waals surface area contributed by atoms with E-state index in [4.69, 9.17) is 14.2 Å². The Bertz CT molecular complexity index is 1360. The Balaban J connectivity index is 1.05. The van der Waals surface area contributed by atoms with Crippen molar-refractivity contribution < 1.29 is 23.8 Å². The van der Waals surface area contributed by atoms with Gasteiger partial charge in [-0.15, -0.1) is 0 Å². The third-order valence-electron chi connectivity index (χ3n) is 8.61. The fraction of sp³-hybridized carbons (Fsp3) is 0.469. The van der Waals surface area contributed by atoms with Crippen LogP contribution in [0.3, 0.4) is 0 Å². The molecule has 3 aromatic rings. The Kier molecular flexibility index (Phi) is 8.43. The van der Waals surface area contributed by atoms with E-state index in [1.165, 1.54) is 0 Å². The van der Waals surface area contributed by atoms with Gasteiger partial charge in [0, 0.05) is 39.1 Å². The van der Waals surface area contributed by atoms with Crippen molar-refractivity contribution in [1.29, 1.82) is 0 Å². The molecule has 10 nitrogen and oxygen atoms in total. The summed E-state index contributed by atoms with van der Waals surface area (Å²) < 4.78 is 17.9. The van der Waals surface area contributed by atoms with Gasteiger partial charge >= 0.3 is 6.09 Å². The highest BCUT2D eigenvalue weighted by Crippen LogP contribution is 2.33. The molecule has 1 aromatic heterocycles. The molecule has 0 saturated carbocycles. The summed E-state index contributed by atoms with van der Waals surface area (Å²) in [5, 5.41) is 7.69. The van der Waals surface area contributed by atoms with Gasteiger partial charge in [0.1, 0.15) is 17.5 Å². The number of benzene rings is 2. The van der Waals surface area contributed by atoms with Crippen molar-refractivity contribution in [3.05, 3.63) is 77.6 Å². The highest BCUT2D eigenvalue weighted by Gasteiger charge is 2.42. The summed E-state index contributed by atoms with van der Waals surface area (Å²) in [6.07, 6.45) is 0.950. The largest absolute Gasteiger partial charge is 0.497 e. The number of likely N-dealkylation sites (tertiary alicyclic amines) is 2. The van der Waals surface area contributed by atoms with Crippen LogP contribution in [-0.2, 0) is 9.47 Å². The second-order valence-electron chi connectivity index (χ2n) is 11.6. The summed E-state index contributed by atoms with van der Waals surface area (Å²) in [6, 6.07) is 19.4. The molecule has 4 heterocycles. The predicted molar refractivity (Wildman–Crippen MR) is 157 cm³/mol. The lowest BCUT2D eigenvalue weighted by Crippen LogP contribution is -2.36. The van der Waals surface area contributed by atoms with Gasteiger partial charge in [-0.2, -0.15) is 5.10 Å². The second-order valence-corrected chi connectivity index (χ2v) is 11.6. The monoisotopic (exact) mass is 573 g/mol. The van der Waals surface area contributed by atoms with Crippen molar-refractivity contribution in [2.24, 2.45) is 11.8 Å². The summed E-state index contributed by atoms with van der Waals surface area (Å²) in [5.41, 5.74) is 3.29. The van der Waals surface area contributed by atoms with Gasteiger partial charge in [0.05, 0.1) is 37.7 Å². The van der Waals surface area contributed by atoms with Gasteiger partial charge in [-0.05, 0) is 61.1 Å². The molecule has 42 heavy (non-hydrogen) atoms. The zero-order valence-corrected chi connectivity index (χ0v) is 24.3. The number of methoxy groups -OCH3 is 1. The molecule has 10 heteroatoms. The van der Waals surface area contributed by atoms with Crippen LogP contribution >= 0.6 is 0 Å². The van der Waals surface area contributed by atoms with Crippen LogP contribution in [0.1, 0.15) is 40.6 Å². The number of nitrogens with one attached hydrogen (secondary N) is 1. The van der Waals surface area contributed by atoms with Crippen molar-refractivity contribution in [2.45, 2.75) is 31.9 Å². The number of hydrogen-bond donors (Lipinski definition) is 1. The van der Waals surface area contributed by atoms with Gasteiger partial charge in [0.15, 0.2) is 0 Å². The second kappa shape index (κ2) is 12.5. The van der Waals surface area contributed by atoms with Crippen LogP contribution in [0, 0.1) is 18.8 Å². The maximum atomic E-state index is 13.7. The van der Waals surface area contributed by atoms with E-state index < -0.39 is 6.09 Å². The first-order valence-corrected chi connectivity index (χ1v) is 14.8. The van der Waals surface area contributed by atoms with Gasteiger partial charge in [0.2, 0.25) is 0 Å². The molecule has 1 N–H and O–H groups in total. The number of carbonyl (C=O) groups is 2. The molecule has 4 atom stereocenters. The van der Waals surface area contributed by atoms with E-state index in [1.54, 1.807) is 11.8 Å². The first kappa shape index (κ1) is 28.2. The zero-order valence-electron chi connectivity index (χ0n) is 24.3. The van der Waals surface area contributed by atoms with Crippen LogP contribution in [0.2, 0.25) is 0 Å². The van der Waals surface area contributed by atoms with Crippen LogP contribution in [0.5, 0.6) is 5.75 Å². The van der Waals surface area contributed by atoms with Crippen molar-refractivity contribution in [2.75, 3.05) is 53.0 Å². The summed E-state index contributed by atoms with van der Waals surface area (Å²) in [4.78, 5) is 30.8. The predicted octanol–water partition coefficient (Wildman–Crippen LogP) is 3.84. The van der Waals surface area contributed by atoms with E-state index in [2.05, 4.69) is 15.3 Å². The molecule has 2 amide bonds. The average Bonchev–Trinajstić information content (AvgIpc) is 3.80. The molecule has 6 rings (SSSR count). The van der Waals surface area contributed by atoms with Crippen LogP contribution in [0.25, 0.3) is 5.69 Å². The lowest BCUT2D eigenvalue weighted by atomic mass is 10.0. The lowest BCUT2D eigenvalue weighted by molar-refractivity contribution is 0.0764. The van der Waals surface area contributed by atoms with Crippen LogP contribution in [0.4, 0.5) is 4.79 Å². The zero-order chi connectivity index (χ0) is 29.1. The number of aryl methyl sites for hydroxylation is 1. The van der Waals surface area contributed by atoms with Crippen LogP contribution in [-0.4, -0.2) is 90.7 Å². The van der Waals surface area contributed by atoms with Gasteiger partial charge in [-0.1, -0.05) is 30.3 Å². The number of ether oxygens (including phenoxy) is 3. The molecule has 222 valence electrons. The normalized spacial score (nSPS) is 22.6. The first-order valence-electron chi connectivity index (χ1n) is 14.8. The Morgan fingerprint density at radius 2 is 1.79 bits per heavy atom. The number of hydrogen-bond acceptors (Lipinski definition) is 7. The molecule has 3 unspecified atom stereocenters. The highest BCUT2D eigenvalue weighted by molar-refractivity contribution is 5.93. The Labute approximate surface area is 246 Å². The molecular weight excluding hydrogens is 534 g/mol. The van der Waals surface area contributed by atoms with Gasteiger partial charge in [-0.3, -0.25) is 4.79 Å². The third kappa shape index (κ3) is 6.29. The third-order valence-corrected chi connectivity index (χ3v) is 8.61. The summed E-state index contributed by atoms with van der Waals surface area (Å²) in [5.74, 6) is 1.65. The molecule has 3 saturated heterocycles. The topological polar surface area (TPSA) is 98.2 Å². The minimum absolute atomic E-state index is 0.0203. The maximum absolute atomic E-state index is 13.7. The molecule has 3 aliphatic heterocycles. The Morgan fingerprint density at radius 1 is 1.05 bits per heavy atom. The van der Waals surface area contributed by atoms with E-state index in [-0.39, 0.29) is 18.1 Å². The van der Waals surface area contributed by atoms with E-state index >= 15 is 0 Å². The molecule has 3 fully saturated rings. The van der Waals surface area contributed by atoms with E-state index in [1.807, 2.05) is 72.5 Å². The number of aromatic nitrogens is 2. The van der Waals surface area contributed by atoms with E-state index in [0.29, 0.717) is 30.7 Å². The fourth-order valence-corrected chi connectivity index (χ4v) is 6.43. The number of alkyl carbamates (subject to hydrolysis) is 1. The number of carbonyl (C=O) groups excluding carboxylic acids is 2. The fourth-order valence-electron chi connectivity index (χ4n) is 6.43. The van der Waals surface area contributed by atoms with Crippen molar-refractivity contribution in [3.8, 4) is 11.4 Å². The summed E-state index contributed by atoms with van der Waals surface area (Å²) in [7, 11) is 1.63. The summed E-state index contributed by atoms with van der Waals surface area (Å²) >= 11 is 0. The van der Waals surface area contributed by atoms with Gasteiger partial charge in [0.25, 0.3) is 5.91 Å². The minimum atomic E-state index is -0.393. The maximum Gasteiger partial charge on any atom is 0.407 e. The molecule has 0 radical (unpaired) electrons. The van der Waals surface area contributed by atoms with Crippen LogP contribution < -0.4 is 10.1 Å². The molecular formula is C32H39N5O5.